The average Bonchev–Trinajstić information content (AvgIpc) is 2.14. The lowest BCUT2D eigenvalue weighted by Gasteiger charge is -1.96. The number of hydrogen-bond acceptors (Lipinski definition) is 3. The van der Waals surface area contributed by atoms with Crippen molar-refractivity contribution in [3.8, 4) is 0 Å². The highest BCUT2D eigenvalue weighted by atomic mass is 16.4. The van der Waals surface area contributed by atoms with Gasteiger partial charge in [0.05, 0.1) is 0 Å². The number of aliphatic carboxylic acids is 1. The van der Waals surface area contributed by atoms with E-state index >= 15 is 0 Å². The monoisotopic (exact) mass is 203 g/mol. The highest BCUT2D eigenvalue weighted by molar-refractivity contribution is 5.91. The molecule has 82 valence electrons. The van der Waals surface area contributed by atoms with E-state index in [1.165, 1.54) is 0 Å². The molecule has 0 aliphatic carbocycles. The average molecular weight is 203 g/mol. The van der Waals surface area contributed by atoms with Gasteiger partial charge in [0.1, 0.15) is 6.61 Å². The van der Waals surface area contributed by atoms with E-state index in [1.54, 1.807) is 0 Å². The Kier molecular flexibility index (Phi) is 10.5. The second-order valence-electron chi connectivity index (χ2n) is 2.62. The Morgan fingerprint density at radius 2 is 1.86 bits per heavy atom. The summed E-state index contributed by atoms with van der Waals surface area (Å²) in [5.41, 5.74) is 5.48. The first-order valence-electron chi connectivity index (χ1n) is 4.25. The molecule has 0 spiro atoms. The first-order valence-corrected chi connectivity index (χ1v) is 4.25. The van der Waals surface area contributed by atoms with Crippen LogP contribution >= 0.6 is 0 Å². The van der Waals surface area contributed by atoms with Gasteiger partial charge in [-0.1, -0.05) is 19.9 Å². The van der Waals surface area contributed by atoms with E-state index in [0.29, 0.717) is 5.57 Å². The van der Waals surface area contributed by atoms with Crippen LogP contribution in [-0.2, 0) is 9.59 Å². The van der Waals surface area contributed by atoms with Crippen LogP contribution in [0.5, 0.6) is 0 Å². The van der Waals surface area contributed by atoms with Crippen LogP contribution in [0.15, 0.2) is 12.2 Å². The minimum Gasteiger partial charge on any atom is -0.480 e. The van der Waals surface area contributed by atoms with Crippen molar-refractivity contribution in [1.82, 2.24) is 0 Å². The van der Waals surface area contributed by atoms with Crippen LogP contribution < -0.4 is 5.73 Å². The summed E-state index contributed by atoms with van der Waals surface area (Å²) in [5.74, 6) is -1.56. The number of carbonyl (C=O) groups excluding carboxylic acids is 1. The first kappa shape index (κ1) is 15.1. The molecule has 0 bridgehead atoms. The van der Waals surface area contributed by atoms with Crippen LogP contribution in [0.25, 0.3) is 0 Å². The van der Waals surface area contributed by atoms with Crippen molar-refractivity contribution < 1.29 is 19.8 Å². The standard InChI is InChI=1S/C7H13NO.C2H4O3/c1-3-4-5-6(2)7(8)9;3-1-2(4)5/h2-5H2,1H3,(H2,8,9);3H,1H2,(H,4,5). The van der Waals surface area contributed by atoms with E-state index in [0.717, 1.165) is 19.3 Å². The van der Waals surface area contributed by atoms with Crippen LogP contribution in [0.2, 0.25) is 0 Å². The number of rotatable bonds is 5. The number of aliphatic hydroxyl groups excluding tert-OH is 1. The largest absolute Gasteiger partial charge is 0.480 e. The second kappa shape index (κ2) is 9.73. The van der Waals surface area contributed by atoms with E-state index in [1.807, 2.05) is 0 Å². The third kappa shape index (κ3) is 13.2. The zero-order valence-corrected chi connectivity index (χ0v) is 8.32. The predicted octanol–water partition coefficient (Wildman–Crippen LogP) is 0.281. The summed E-state index contributed by atoms with van der Waals surface area (Å²) in [6, 6.07) is 0. The Morgan fingerprint density at radius 3 is 2.07 bits per heavy atom. The summed E-state index contributed by atoms with van der Waals surface area (Å²) in [6.45, 7) is 4.80. The van der Waals surface area contributed by atoms with Gasteiger partial charge in [-0.15, -0.1) is 0 Å². The number of unbranched alkanes of at least 4 members (excludes halogenated alkanes) is 1. The van der Waals surface area contributed by atoms with Gasteiger partial charge in [0.25, 0.3) is 0 Å². The molecular weight excluding hydrogens is 186 g/mol. The Balaban J connectivity index is 0. The number of carbonyl (C=O) groups is 2. The Hall–Kier alpha value is -1.36. The zero-order valence-electron chi connectivity index (χ0n) is 8.32. The number of aliphatic hydroxyl groups is 1. The van der Waals surface area contributed by atoms with E-state index in [-0.39, 0.29) is 5.91 Å². The van der Waals surface area contributed by atoms with Gasteiger partial charge in [0, 0.05) is 5.57 Å². The van der Waals surface area contributed by atoms with Gasteiger partial charge < -0.3 is 15.9 Å². The fourth-order valence-electron chi connectivity index (χ4n) is 0.513. The highest BCUT2D eigenvalue weighted by Gasteiger charge is 1.98. The van der Waals surface area contributed by atoms with Crippen molar-refractivity contribution in [2.24, 2.45) is 5.73 Å². The summed E-state index contributed by atoms with van der Waals surface area (Å²) in [4.78, 5) is 19.4. The predicted molar refractivity (Wildman–Crippen MR) is 52.6 cm³/mol. The quantitative estimate of drug-likeness (QED) is 0.558. The molecule has 0 radical (unpaired) electrons. The van der Waals surface area contributed by atoms with Crippen molar-refractivity contribution in [1.29, 1.82) is 0 Å². The molecule has 0 rings (SSSR count). The maximum Gasteiger partial charge on any atom is 0.329 e. The summed E-state index contributed by atoms with van der Waals surface area (Å²) in [5, 5.41) is 15.0. The summed E-state index contributed by atoms with van der Waals surface area (Å²) < 4.78 is 0. The fourth-order valence-corrected chi connectivity index (χ4v) is 0.513. The molecule has 0 saturated heterocycles. The van der Waals surface area contributed by atoms with Crippen LogP contribution in [0.1, 0.15) is 26.2 Å². The summed E-state index contributed by atoms with van der Waals surface area (Å²) in [6.07, 6.45) is 2.82. The van der Waals surface area contributed by atoms with Crippen LogP contribution in [0.3, 0.4) is 0 Å². The lowest BCUT2D eigenvalue weighted by atomic mass is 10.1. The number of nitrogens with two attached hydrogens (primary N) is 1. The fraction of sp³-hybridized carbons (Fsp3) is 0.556. The van der Waals surface area contributed by atoms with Gasteiger partial charge >= 0.3 is 5.97 Å². The van der Waals surface area contributed by atoms with Gasteiger partial charge in [-0.3, -0.25) is 4.79 Å². The van der Waals surface area contributed by atoms with Crippen molar-refractivity contribution in [2.45, 2.75) is 26.2 Å². The molecule has 0 atom stereocenters. The normalized spacial score (nSPS) is 8.43. The number of carboxylic acid groups (broad SMARTS) is 1. The lowest BCUT2D eigenvalue weighted by molar-refractivity contribution is -0.140. The van der Waals surface area contributed by atoms with E-state index in [9.17, 15) is 4.79 Å². The molecule has 0 aromatic heterocycles. The third-order valence-electron chi connectivity index (χ3n) is 1.32. The molecule has 5 nitrogen and oxygen atoms in total. The topological polar surface area (TPSA) is 101 Å². The Bertz CT molecular complexity index is 201. The number of primary amides is 1. The van der Waals surface area contributed by atoms with E-state index < -0.39 is 12.6 Å². The van der Waals surface area contributed by atoms with Crippen LogP contribution in [0, 0.1) is 0 Å². The lowest BCUT2D eigenvalue weighted by Crippen LogP contribution is -2.12. The molecule has 0 saturated carbocycles. The Morgan fingerprint density at radius 1 is 1.43 bits per heavy atom. The van der Waals surface area contributed by atoms with Gasteiger partial charge in [-0.25, -0.2) is 4.79 Å². The first-order chi connectivity index (χ1) is 6.45. The van der Waals surface area contributed by atoms with E-state index in [4.69, 9.17) is 20.7 Å². The van der Waals surface area contributed by atoms with Gasteiger partial charge in [0.15, 0.2) is 0 Å². The minimum atomic E-state index is -1.19. The smallest absolute Gasteiger partial charge is 0.329 e. The minimum absolute atomic E-state index is 0.372. The second-order valence-corrected chi connectivity index (χ2v) is 2.62. The molecule has 0 aliphatic rings. The van der Waals surface area contributed by atoms with Crippen molar-refractivity contribution in [2.75, 3.05) is 6.61 Å². The molecule has 1 amide bonds. The third-order valence-corrected chi connectivity index (χ3v) is 1.32. The van der Waals surface area contributed by atoms with E-state index in [2.05, 4.69) is 13.5 Å². The van der Waals surface area contributed by atoms with Crippen LogP contribution in [-0.4, -0.2) is 28.7 Å². The number of amides is 1. The number of carboxylic acids is 1. The van der Waals surface area contributed by atoms with Gasteiger partial charge in [-0.2, -0.15) is 0 Å². The maximum absolute atomic E-state index is 10.3. The van der Waals surface area contributed by atoms with Gasteiger partial charge in [0.2, 0.25) is 5.91 Å². The highest BCUT2D eigenvalue weighted by Crippen LogP contribution is 2.02. The van der Waals surface area contributed by atoms with Crippen molar-refractivity contribution in [3.05, 3.63) is 12.2 Å². The molecule has 0 aliphatic heterocycles. The van der Waals surface area contributed by atoms with Crippen molar-refractivity contribution in [3.63, 3.8) is 0 Å². The Labute approximate surface area is 83.2 Å². The molecule has 0 unspecified atom stereocenters. The number of hydrogen-bond donors (Lipinski definition) is 3. The van der Waals surface area contributed by atoms with Crippen LogP contribution in [0.4, 0.5) is 0 Å². The van der Waals surface area contributed by atoms with Gasteiger partial charge in [-0.05, 0) is 12.8 Å². The molecule has 0 fully saturated rings. The molecule has 0 aromatic carbocycles. The molecule has 14 heavy (non-hydrogen) atoms. The molecular formula is C9H17NO4. The van der Waals surface area contributed by atoms with Crippen molar-refractivity contribution >= 4 is 11.9 Å². The summed E-state index contributed by atoms with van der Waals surface area (Å²) >= 11 is 0. The maximum atomic E-state index is 10.3. The molecule has 4 N–H and O–H groups in total. The summed E-state index contributed by atoms with van der Waals surface area (Å²) in [7, 11) is 0. The molecule has 0 aromatic rings. The molecule has 5 heteroatoms. The molecule has 0 heterocycles. The zero-order chi connectivity index (χ0) is 11.6. The SMILES string of the molecule is C=C(CCCC)C(N)=O.O=C(O)CO.